The number of hydrogen-bond acceptors (Lipinski definition) is 4. The van der Waals surface area contributed by atoms with Crippen LogP contribution in [0.5, 0.6) is 0 Å². The van der Waals surface area contributed by atoms with E-state index in [1.54, 1.807) is 0 Å². The van der Waals surface area contributed by atoms with Crippen molar-refractivity contribution >= 4 is 0 Å². The Morgan fingerprint density at radius 2 is 2.33 bits per heavy atom. The molecule has 0 spiro atoms. The molecule has 1 saturated heterocycles. The Labute approximate surface area is 91.9 Å². The van der Waals surface area contributed by atoms with Gasteiger partial charge in [-0.1, -0.05) is 6.08 Å². The summed E-state index contributed by atoms with van der Waals surface area (Å²) in [7, 11) is 0. The fraction of sp³-hybridized carbons (Fsp3) is 0.818. The molecule has 3 unspecified atom stereocenters. The van der Waals surface area contributed by atoms with Gasteiger partial charge in [0.05, 0.1) is 0 Å². The second kappa shape index (κ2) is 5.49. The Morgan fingerprint density at radius 1 is 1.67 bits per heavy atom. The highest BCUT2D eigenvalue weighted by atomic mass is 16.3. The van der Waals surface area contributed by atoms with E-state index in [1.807, 2.05) is 13.0 Å². The number of rotatable bonds is 4. The van der Waals surface area contributed by atoms with Gasteiger partial charge in [0.2, 0.25) is 0 Å². The first-order chi connectivity index (χ1) is 7.02. The van der Waals surface area contributed by atoms with E-state index < -0.39 is 6.23 Å². The van der Waals surface area contributed by atoms with Crippen molar-refractivity contribution in [2.75, 3.05) is 6.54 Å². The summed E-state index contributed by atoms with van der Waals surface area (Å²) in [4.78, 5) is 2.28. The van der Waals surface area contributed by atoms with Gasteiger partial charge in [0, 0.05) is 17.8 Å². The molecule has 0 bridgehead atoms. The molecule has 4 heteroatoms. The lowest BCUT2D eigenvalue weighted by Gasteiger charge is -2.31. The van der Waals surface area contributed by atoms with E-state index in [0.29, 0.717) is 6.04 Å². The number of allylic oxidation sites excluding steroid dienone is 1. The minimum absolute atomic E-state index is 0.117. The van der Waals surface area contributed by atoms with Gasteiger partial charge in [-0.05, 0) is 39.7 Å². The van der Waals surface area contributed by atoms with Crippen LogP contribution in [-0.4, -0.2) is 34.9 Å². The Morgan fingerprint density at radius 3 is 2.87 bits per heavy atom. The monoisotopic (exact) mass is 213 g/mol. The summed E-state index contributed by atoms with van der Waals surface area (Å²) < 4.78 is 0. The second-order valence-corrected chi connectivity index (χ2v) is 4.47. The highest BCUT2D eigenvalue weighted by Gasteiger charge is 2.31. The smallest absolute Gasteiger partial charge is 0.118 e. The molecule has 0 aromatic rings. The van der Waals surface area contributed by atoms with Crippen molar-refractivity contribution in [1.29, 1.82) is 0 Å². The SMILES string of the molecule is C/C(N)=C\CC(C)N1CCCC1C(N)O. The van der Waals surface area contributed by atoms with Crippen LogP contribution in [0.15, 0.2) is 11.8 Å². The molecule has 0 amide bonds. The van der Waals surface area contributed by atoms with Gasteiger partial charge in [-0.15, -0.1) is 0 Å². The minimum Gasteiger partial charge on any atom is -0.403 e. The summed E-state index contributed by atoms with van der Waals surface area (Å²) in [5.74, 6) is 0. The average molecular weight is 213 g/mol. The van der Waals surface area contributed by atoms with Gasteiger partial charge >= 0.3 is 0 Å². The molecule has 0 aliphatic carbocycles. The zero-order valence-electron chi connectivity index (χ0n) is 9.69. The highest BCUT2D eigenvalue weighted by molar-refractivity contribution is 4.95. The molecule has 0 saturated carbocycles. The Balaban J connectivity index is 2.51. The van der Waals surface area contributed by atoms with Gasteiger partial charge in [0.15, 0.2) is 0 Å². The van der Waals surface area contributed by atoms with Crippen molar-refractivity contribution in [3.63, 3.8) is 0 Å². The molecule has 1 aliphatic heterocycles. The third-order valence-electron chi connectivity index (χ3n) is 3.08. The predicted molar refractivity (Wildman–Crippen MR) is 61.9 cm³/mol. The van der Waals surface area contributed by atoms with E-state index in [9.17, 15) is 5.11 Å². The maximum absolute atomic E-state index is 9.44. The molecule has 4 nitrogen and oxygen atoms in total. The summed E-state index contributed by atoms with van der Waals surface area (Å²) in [5, 5.41) is 9.44. The van der Waals surface area contributed by atoms with Crippen molar-refractivity contribution in [2.24, 2.45) is 11.5 Å². The molecule has 1 aliphatic rings. The van der Waals surface area contributed by atoms with E-state index in [0.717, 1.165) is 31.5 Å². The topological polar surface area (TPSA) is 75.5 Å². The number of likely N-dealkylation sites (tertiary alicyclic amines) is 1. The van der Waals surface area contributed by atoms with Crippen LogP contribution in [0.1, 0.15) is 33.1 Å². The molecular weight excluding hydrogens is 190 g/mol. The molecular formula is C11H23N3O. The summed E-state index contributed by atoms with van der Waals surface area (Å²) in [6.07, 6.45) is 4.34. The van der Waals surface area contributed by atoms with Crippen LogP contribution >= 0.6 is 0 Å². The Hall–Kier alpha value is -0.580. The predicted octanol–water partition coefficient (Wildman–Crippen LogP) is 0.369. The van der Waals surface area contributed by atoms with E-state index in [2.05, 4.69) is 11.8 Å². The second-order valence-electron chi connectivity index (χ2n) is 4.47. The Bertz CT molecular complexity index is 224. The van der Waals surface area contributed by atoms with Crippen LogP contribution in [0.25, 0.3) is 0 Å². The molecule has 15 heavy (non-hydrogen) atoms. The van der Waals surface area contributed by atoms with Gasteiger partial charge < -0.3 is 16.6 Å². The van der Waals surface area contributed by atoms with Crippen LogP contribution in [-0.2, 0) is 0 Å². The third kappa shape index (κ3) is 3.48. The fourth-order valence-corrected chi connectivity index (χ4v) is 2.22. The fourth-order valence-electron chi connectivity index (χ4n) is 2.22. The third-order valence-corrected chi connectivity index (χ3v) is 3.08. The molecule has 3 atom stereocenters. The van der Waals surface area contributed by atoms with E-state index in [1.165, 1.54) is 0 Å². The lowest BCUT2D eigenvalue weighted by molar-refractivity contribution is 0.0585. The normalized spacial score (nSPS) is 28.0. The zero-order valence-corrected chi connectivity index (χ0v) is 9.69. The van der Waals surface area contributed by atoms with Gasteiger partial charge in [-0.3, -0.25) is 4.90 Å². The average Bonchev–Trinajstić information content (AvgIpc) is 2.62. The lowest BCUT2D eigenvalue weighted by atomic mass is 10.1. The van der Waals surface area contributed by atoms with Gasteiger partial charge in [0.25, 0.3) is 0 Å². The van der Waals surface area contributed by atoms with Gasteiger partial charge in [-0.2, -0.15) is 0 Å². The van der Waals surface area contributed by atoms with E-state index in [4.69, 9.17) is 11.5 Å². The summed E-state index contributed by atoms with van der Waals surface area (Å²) >= 11 is 0. The number of nitrogens with two attached hydrogens (primary N) is 2. The maximum Gasteiger partial charge on any atom is 0.118 e. The molecule has 0 aromatic heterocycles. The molecule has 88 valence electrons. The van der Waals surface area contributed by atoms with Crippen LogP contribution in [0, 0.1) is 0 Å². The van der Waals surface area contributed by atoms with Crippen LogP contribution in [0.2, 0.25) is 0 Å². The van der Waals surface area contributed by atoms with Crippen LogP contribution < -0.4 is 11.5 Å². The summed E-state index contributed by atoms with van der Waals surface area (Å²) in [6, 6.07) is 0.515. The maximum atomic E-state index is 9.44. The minimum atomic E-state index is -0.724. The van der Waals surface area contributed by atoms with E-state index in [-0.39, 0.29) is 6.04 Å². The first-order valence-electron chi connectivity index (χ1n) is 5.64. The van der Waals surface area contributed by atoms with Crippen LogP contribution in [0.3, 0.4) is 0 Å². The van der Waals surface area contributed by atoms with Crippen molar-refractivity contribution < 1.29 is 5.11 Å². The number of aliphatic hydroxyl groups is 1. The molecule has 1 heterocycles. The van der Waals surface area contributed by atoms with Gasteiger partial charge in [-0.25, -0.2) is 0 Å². The van der Waals surface area contributed by atoms with E-state index >= 15 is 0 Å². The first kappa shape index (κ1) is 12.5. The molecule has 5 N–H and O–H groups in total. The highest BCUT2D eigenvalue weighted by Crippen LogP contribution is 2.22. The number of aliphatic hydroxyl groups excluding tert-OH is 1. The van der Waals surface area contributed by atoms with Crippen molar-refractivity contribution in [3.8, 4) is 0 Å². The summed E-state index contributed by atoms with van der Waals surface area (Å²) in [6.45, 7) is 5.07. The first-order valence-corrected chi connectivity index (χ1v) is 5.64. The lowest BCUT2D eigenvalue weighted by Crippen LogP contribution is -2.47. The van der Waals surface area contributed by atoms with Gasteiger partial charge in [0.1, 0.15) is 6.23 Å². The number of hydrogen-bond donors (Lipinski definition) is 3. The van der Waals surface area contributed by atoms with Crippen molar-refractivity contribution in [2.45, 2.75) is 51.4 Å². The molecule has 0 aromatic carbocycles. The molecule has 1 fully saturated rings. The summed E-state index contributed by atoms with van der Waals surface area (Å²) in [5.41, 5.74) is 12.0. The Kier molecular flexibility index (Phi) is 4.57. The largest absolute Gasteiger partial charge is 0.403 e. The van der Waals surface area contributed by atoms with Crippen molar-refractivity contribution in [1.82, 2.24) is 4.90 Å². The van der Waals surface area contributed by atoms with Crippen LogP contribution in [0.4, 0.5) is 0 Å². The number of nitrogens with zero attached hydrogens (tertiary/aromatic N) is 1. The van der Waals surface area contributed by atoms with Crippen molar-refractivity contribution in [3.05, 3.63) is 11.8 Å². The standard InChI is InChI=1S/C11H23N3O/c1-8(12)5-6-9(2)14-7-3-4-10(14)11(13)15/h5,9-11,15H,3-4,6-7,12-13H2,1-2H3/b8-5+. The quantitative estimate of drug-likeness (QED) is 0.590. The molecule has 1 rings (SSSR count). The molecule has 0 radical (unpaired) electrons. The zero-order chi connectivity index (χ0) is 11.4.